The Morgan fingerprint density at radius 1 is 1.07 bits per heavy atom. The highest BCUT2D eigenvalue weighted by Gasteiger charge is 2.40. The smallest absolute Gasteiger partial charge is 0.203 e. The molecule has 0 bridgehead atoms. The van der Waals surface area contributed by atoms with Gasteiger partial charge in [0, 0.05) is 24.7 Å². The van der Waals surface area contributed by atoms with Crippen LogP contribution in [-0.2, 0) is 9.84 Å². The summed E-state index contributed by atoms with van der Waals surface area (Å²) >= 11 is 0. The lowest BCUT2D eigenvalue weighted by Crippen LogP contribution is -2.44. The summed E-state index contributed by atoms with van der Waals surface area (Å²) < 4.78 is 46.4. The van der Waals surface area contributed by atoms with Crippen LogP contribution in [0.5, 0.6) is 5.75 Å². The van der Waals surface area contributed by atoms with Crippen molar-refractivity contribution in [1.29, 1.82) is 0 Å². The predicted molar refractivity (Wildman–Crippen MR) is 153 cm³/mol. The lowest BCUT2D eigenvalue weighted by Gasteiger charge is -2.48. The van der Waals surface area contributed by atoms with Crippen molar-refractivity contribution >= 4 is 27.3 Å². The van der Waals surface area contributed by atoms with E-state index in [1.54, 1.807) is 18.2 Å². The van der Waals surface area contributed by atoms with E-state index in [0.717, 1.165) is 12.8 Å². The number of pyridine rings is 2. The Morgan fingerprint density at radius 2 is 1.82 bits per heavy atom. The van der Waals surface area contributed by atoms with Gasteiger partial charge in [-0.15, -0.1) is 0 Å². The van der Waals surface area contributed by atoms with E-state index in [1.807, 2.05) is 13.8 Å². The molecule has 2 aromatic heterocycles. The van der Waals surface area contributed by atoms with Gasteiger partial charge in [0.1, 0.15) is 29.0 Å². The third kappa shape index (κ3) is 6.11. The summed E-state index contributed by atoms with van der Waals surface area (Å²) in [7, 11) is -4.03. The van der Waals surface area contributed by atoms with Crippen molar-refractivity contribution in [2.45, 2.75) is 51.0 Å². The summed E-state index contributed by atoms with van der Waals surface area (Å²) in [5, 5.41) is -0.245. The summed E-state index contributed by atoms with van der Waals surface area (Å²) in [5.41, 5.74) is 7.25. The third-order valence-electron chi connectivity index (χ3n) is 7.85. The van der Waals surface area contributed by atoms with Crippen molar-refractivity contribution in [2.24, 2.45) is 11.3 Å². The lowest BCUT2D eigenvalue weighted by molar-refractivity contribution is 0.0949. The Bertz CT molecular complexity index is 1510. The second-order valence-corrected chi connectivity index (χ2v) is 13.3. The van der Waals surface area contributed by atoms with E-state index in [2.05, 4.69) is 9.88 Å². The second kappa shape index (κ2) is 11.2. The Hall–Kier alpha value is -3.53. The van der Waals surface area contributed by atoms with Crippen LogP contribution >= 0.6 is 0 Å². The first-order chi connectivity index (χ1) is 19.0. The van der Waals surface area contributed by atoms with Crippen LogP contribution in [0.25, 0.3) is 11.3 Å². The molecular weight excluding hydrogens is 531 g/mol. The molecule has 0 radical (unpaired) electrons. The minimum atomic E-state index is -4.03. The molecule has 1 aliphatic carbocycles. The van der Waals surface area contributed by atoms with Gasteiger partial charge in [-0.3, -0.25) is 4.79 Å². The van der Waals surface area contributed by atoms with E-state index in [0.29, 0.717) is 47.9 Å². The first-order valence-corrected chi connectivity index (χ1v) is 15.4. The Balaban J connectivity index is 1.48. The van der Waals surface area contributed by atoms with Crippen molar-refractivity contribution in [1.82, 2.24) is 9.97 Å². The van der Waals surface area contributed by atoms with Crippen LogP contribution in [0.2, 0.25) is 0 Å². The van der Waals surface area contributed by atoms with Gasteiger partial charge in [-0.2, -0.15) is 0 Å². The number of nitrogens with zero attached hydrogens (tertiary/aromatic N) is 3. The number of rotatable bonds is 9. The number of anilines is 2. The molecule has 1 aliphatic heterocycles. The van der Waals surface area contributed by atoms with Gasteiger partial charge in [0.15, 0.2) is 10.8 Å². The monoisotopic (exact) mass is 566 g/mol. The normalized spacial score (nSPS) is 16.6. The van der Waals surface area contributed by atoms with E-state index in [1.165, 1.54) is 49.6 Å². The fourth-order valence-electron chi connectivity index (χ4n) is 5.42. The fraction of sp³-hybridized carbons (Fsp3) is 0.433. The molecule has 40 heavy (non-hydrogen) atoms. The number of hydrogen-bond donors (Lipinski definition) is 1. The molecule has 5 rings (SSSR count). The molecule has 2 aliphatic rings. The SMILES string of the molecule is CC(C)COc1cc(F)cc(-c2ccc(C(=O)CS(=O)(=O)c3cccc(N)n3)c(N3CCC4(CCC4)CC3)n2)c1. The van der Waals surface area contributed by atoms with Gasteiger partial charge in [-0.1, -0.05) is 26.3 Å². The number of piperidine rings is 1. The number of carbonyl (C=O) groups is 1. The molecule has 2 N–H and O–H groups in total. The van der Waals surface area contributed by atoms with Crippen molar-refractivity contribution in [2.75, 3.05) is 36.1 Å². The van der Waals surface area contributed by atoms with Crippen LogP contribution in [-0.4, -0.2) is 49.6 Å². The quantitative estimate of drug-likeness (QED) is 0.346. The molecule has 1 saturated carbocycles. The summed E-state index contributed by atoms with van der Waals surface area (Å²) in [5.74, 6) is -0.640. The average Bonchev–Trinajstić information content (AvgIpc) is 2.90. The summed E-state index contributed by atoms with van der Waals surface area (Å²) in [6.07, 6.45) is 5.66. The number of ketones is 1. The first kappa shape index (κ1) is 28.0. The van der Waals surface area contributed by atoms with Gasteiger partial charge >= 0.3 is 0 Å². The van der Waals surface area contributed by atoms with Gasteiger partial charge in [0.05, 0.1) is 17.9 Å². The molecule has 1 spiro atoms. The van der Waals surface area contributed by atoms with E-state index >= 15 is 0 Å². The van der Waals surface area contributed by atoms with Crippen LogP contribution in [0.3, 0.4) is 0 Å². The number of nitrogen functional groups attached to an aromatic ring is 1. The topological polar surface area (TPSA) is 115 Å². The fourth-order valence-corrected chi connectivity index (χ4v) is 6.60. The molecule has 0 amide bonds. The number of sulfone groups is 1. The van der Waals surface area contributed by atoms with Gasteiger partial charge < -0.3 is 15.4 Å². The number of halogens is 1. The zero-order valence-electron chi connectivity index (χ0n) is 22.9. The number of Topliss-reactive ketones (excluding diaryl/α,β-unsaturated/α-hetero) is 1. The Kier molecular flexibility index (Phi) is 7.81. The zero-order valence-corrected chi connectivity index (χ0v) is 23.7. The molecule has 0 unspecified atom stereocenters. The number of carbonyl (C=O) groups excluding carboxylic acids is 1. The van der Waals surface area contributed by atoms with Crippen LogP contribution < -0.4 is 15.4 Å². The molecule has 3 aromatic rings. The maximum atomic E-state index is 14.6. The van der Waals surface area contributed by atoms with Crippen molar-refractivity contribution < 1.29 is 22.3 Å². The standard InChI is InChI=1S/C30H35FN4O4S/c1-20(2)18-39-23-16-21(15-22(31)17-23)25-8-7-24(26(36)19-40(37,38)28-6-3-5-27(32)34-28)29(33-25)35-13-11-30(12-14-35)9-4-10-30/h3,5-8,15-17,20H,4,9-14,18-19H2,1-2H3,(H2,32,34). The Labute approximate surface area is 234 Å². The van der Waals surface area contributed by atoms with Crippen molar-refractivity contribution in [3.63, 3.8) is 0 Å². The second-order valence-electron chi connectivity index (χ2n) is 11.4. The molecule has 3 heterocycles. The number of aromatic nitrogens is 2. The summed E-state index contributed by atoms with van der Waals surface area (Å²) in [6, 6.07) is 12.0. The lowest BCUT2D eigenvalue weighted by atomic mass is 9.63. The van der Waals surface area contributed by atoms with E-state index in [9.17, 15) is 17.6 Å². The highest BCUT2D eigenvalue weighted by atomic mass is 32.2. The molecule has 0 atom stereocenters. The number of benzene rings is 1. The molecule has 212 valence electrons. The molecule has 8 nitrogen and oxygen atoms in total. The largest absolute Gasteiger partial charge is 0.493 e. The van der Waals surface area contributed by atoms with Gasteiger partial charge in [-0.25, -0.2) is 22.8 Å². The molecule has 1 aromatic carbocycles. The molecule has 1 saturated heterocycles. The highest BCUT2D eigenvalue weighted by Crippen LogP contribution is 2.49. The van der Waals surface area contributed by atoms with Crippen molar-refractivity contribution in [3.8, 4) is 17.0 Å². The minimum absolute atomic E-state index is 0.0605. The van der Waals surface area contributed by atoms with Crippen LogP contribution in [0.4, 0.5) is 16.0 Å². The minimum Gasteiger partial charge on any atom is -0.493 e. The predicted octanol–water partition coefficient (Wildman–Crippen LogP) is 5.33. The maximum Gasteiger partial charge on any atom is 0.203 e. The van der Waals surface area contributed by atoms with E-state index < -0.39 is 27.2 Å². The maximum absolute atomic E-state index is 14.6. The van der Waals surface area contributed by atoms with Gasteiger partial charge in [0.25, 0.3) is 0 Å². The number of ether oxygens (including phenoxy) is 1. The number of nitrogens with two attached hydrogens (primary N) is 1. The molecule has 2 fully saturated rings. The van der Waals surface area contributed by atoms with Gasteiger partial charge in [0.2, 0.25) is 9.84 Å². The van der Waals surface area contributed by atoms with Gasteiger partial charge in [-0.05, 0) is 73.4 Å². The average molecular weight is 567 g/mol. The van der Waals surface area contributed by atoms with E-state index in [-0.39, 0.29) is 22.3 Å². The zero-order chi connectivity index (χ0) is 28.5. The molecular formula is C30H35FN4O4S. The Morgan fingerprint density at radius 3 is 2.48 bits per heavy atom. The summed E-state index contributed by atoms with van der Waals surface area (Å²) in [4.78, 5) is 24.3. The summed E-state index contributed by atoms with van der Waals surface area (Å²) in [6.45, 7) is 5.90. The first-order valence-electron chi connectivity index (χ1n) is 13.7. The number of hydrogen-bond acceptors (Lipinski definition) is 8. The van der Waals surface area contributed by atoms with Crippen LogP contribution in [0.15, 0.2) is 53.6 Å². The van der Waals surface area contributed by atoms with E-state index in [4.69, 9.17) is 15.5 Å². The third-order valence-corrected chi connectivity index (χ3v) is 9.36. The molecule has 10 heteroatoms. The van der Waals surface area contributed by atoms with Crippen LogP contribution in [0.1, 0.15) is 56.3 Å². The van der Waals surface area contributed by atoms with Crippen LogP contribution in [0, 0.1) is 17.2 Å². The highest BCUT2D eigenvalue weighted by molar-refractivity contribution is 7.92. The van der Waals surface area contributed by atoms with Crippen molar-refractivity contribution in [3.05, 3.63) is 59.9 Å².